The van der Waals surface area contributed by atoms with Crippen molar-refractivity contribution in [3.05, 3.63) is 18.0 Å². The Morgan fingerprint density at radius 3 is 2.90 bits per heavy atom. The van der Waals surface area contributed by atoms with Gasteiger partial charge in [-0.05, 0) is 38.7 Å². The maximum Gasteiger partial charge on any atom is 0.225 e. The number of ether oxygens (including phenoxy) is 2. The van der Waals surface area contributed by atoms with Crippen LogP contribution in [0.4, 0.5) is 5.95 Å². The smallest absolute Gasteiger partial charge is 0.225 e. The van der Waals surface area contributed by atoms with Gasteiger partial charge in [-0.25, -0.2) is 9.97 Å². The van der Waals surface area contributed by atoms with Crippen LogP contribution in [0, 0.1) is 6.92 Å². The van der Waals surface area contributed by atoms with Gasteiger partial charge in [-0.2, -0.15) is 0 Å². The van der Waals surface area contributed by atoms with Crippen molar-refractivity contribution in [2.45, 2.75) is 44.3 Å². The molecule has 2 aliphatic rings. The van der Waals surface area contributed by atoms with Crippen molar-refractivity contribution in [2.24, 2.45) is 0 Å². The maximum atomic E-state index is 6.13. The Morgan fingerprint density at radius 1 is 1.40 bits per heavy atom. The first kappa shape index (κ1) is 13.8. The largest absolute Gasteiger partial charge is 0.378 e. The van der Waals surface area contributed by atoms with Crippen LogP contribution in [-0.2, 0) is 9.47 Å². The third-order valence-corrected chi connectivity index (χ3v) is 4.55. The van der Waals surface area contributed by atoms with Gasteiger partial charge in [0.15, 0.2) is 0 Å². The highest BCUT2D eigenvalue weighted by atomic mass is 16.5. The van der Waals surface area contributed by atoms with Crippen LogP contribution in [0.5, 0.6) is 0 Å². The zero-order chi connectivity index (χ0) is 14.0. The number of methoxy groups -OCH3 is 1. The van der Waals surface area contributed by atoms with Gasteiger partial charge in [0.05, 0.1) is 11.7 Å². The third-order valence-electron chi connectivity index (χ3n) is 4.55. The third kappa shape index (κ3) is 2.52. The van der Waals surface area contributed by atoms with Crippen molar-refractivity contribution in [3.63, 3.8) is 0 Å². The van der Waals surface area contributed by atoms with Gasteiger partial charge < -0.3 is 14.4 Å². The van der Waals surface area contributed by atoms with E-state index in [-0.39, 0.29) is 11.7 Å². The Balaban J connectivity index is 1.69. The molecule has 0 aliphatic carbocycles. The normalized spacial score (nSPS) is 25.9. The minimum Gasteiger partial charge on any atom is -0.378 e. The molecule has 3 rings (SSSR count). The summed E-state index contributed by atoms with van der Waals surface area (Å²) in [4.78, 5) is 11.1. The molecule has 5 nitrogen and oxygen atoms in total. The summed E-state index contributed by atoms with van der Waals surface area (Å²) in [5.74, 6) is 0.838. The van der Waals surface area contributed by atoms with E-state index in [1.165, 1.54) is 0 Å². The lowest BCUT2D eigenvalue weighted by atomic mass is 9.82. The monoisotopic (exact) mass is 277 g/mol. The zero-order valence-electron chi connectivity index (χ0n) is 12.3. The zero-order valence-corrected chi connectivity index (χ0v) is 12.3. The maximum absolute atomic E-state index is 6.13. The average molecular weight is 277 g/mol. The van der Waals surface area contributed by atoms with Crippen LogP contribution in [0.2, 0.25) is 0 Å². The Hall–Kier alpha value is -1.20. The second kappa shape index (κ2) is 5.66. The number of anilines is 1. The average Bonchev–Trinajstić information content (AvgIpc) is 2.48. The van der Waals surface area contributed by atoms with Crippen molar-refractivity contribution in [2.75, 3.05) is 31.7 Å². The van der Waals surface area contributed by atoms with Crippen LogP contribution in [0.15, 0.2) is 12.3 Å². The molecule has 2 fully saturated rings. The van der Waals surface area contributed by atoms with Gasteiger partial charge >= 0.3 is 0 Å². The molecule has 1 unspecified atom stereocenters. The molecule has 0 radical (unpaired) electrons. The molecule has 1 spiro atoms. The minimum absolute atomic E-state index is 0.0900. The Morgan fingerprint density at radius 2 is 2.20 bits per heavy atom. The Kier molecular flexibility index (Phi) is 3.89. The molecule has 1 aromatic heterocycles. The topological polar surface area (TPSA) is 47.5 Å². The lowest BCUT2D eigenvalue weighted by Crippen LogP contribution is -2.56. The molecule has 110 valence electrons. The molecule has 2 aliphatic heterocycles. The van der Waals surface area contributed by atoms with E-state index < -0.39 is 0 Å². The summed E-state index contributed by atoms with van der Waals surface area (Å²) in [5, 5.41) is 0. The highest BCUT2D eigenvalue weighted by Gasteiger charge is 2.45. The van der Waals surface area contributed by atoms with E-state index in [0.29, 0.717) is 0 Å². The van der Waals surface area contributed by atoms with Crippen molar-refractivity contribution in [1.82, 2.24) is 9.97 Å². The number of aryl methyl sites for hydroxylation is 1. The summed E-state index contributed by atoms with van der Waals surface area (Å²) in [6, 6.07) is 1.93. The van der Waals surface area contributed by atoms with E-state index in [1.807, 2.05) is 19.2 Å². The van der Waals surface area contributed by atoms with Crippen LogP contribution in [0.25, 0.3) is 0 Å². The SMILES string of the molecule is COC1CCCOC12CCN(c1nccc(C)n1)CC2. The van der Waals surface area contributed by atoms with Gasteiger partial charge in [0.25, 0.3) is 0 Å². The molecule has 0 bridgehead atoms. The van der Waals surface area contributed by atoms with Crippen LogP contribution < -0.4 is 4.90 Å². The molecule has 0 saturated carbocycles. The summed E-state index contributed by atoms with van der Waals surface area (Å²) in [7, 11) is 1.80. The molecule has 0 N–H and O–H groups in total. The van der Waals surface area contributed by atoms with Crippen LogP contribution in [-0.4, -0.2) is 48.5 Å². The summed E-state index contributed by atoms with van der Waals surface area (Å²) >= 11 is 0. The van der Waals surface area contributed by atoms with Crippen LogP contribution in [0.3, 0.4) is 0 Å². The first-order chi connectivity index (χ1) is 9.73. The van der Waals surface area contributed by atoms with Gasteiger partial charge in [-0.1, -0.05) is 0 Å². The quantitative estimate of drug-likeness (QED) is 0.827. The van der Waals surface area contributed by atoms with E-state index in [0.717, 1.165) is 57.0 Å². The molecule has 1 atom stereocenters. The second-order valence-electron chi connectivity index (χ2n) is 5.76. The van der Waals surface area contributed by atoms with E-state index in [9.17, 15) is 0 Å². The molecular weight excluding hydrogens is 254 g/mol. The molecule has 0 amide bonds. The van der Waals surface area contributed by atoms with E-state index in [1.54, 1.807) is 7.11 Å². The van der Waals surface area contributed by atoms with Crippen LogP contribution >= 0.6 is 0 Å². The molecular formula is C15H23N3O2. The number of aromatic nitrogens is 2. The van der Waals surface area contributed by atoms with Gasteiger partial charge in [0.1, 0.15) is 0 Å². The second-order valence-corrected chi connectivity index (χ2v) is 5.76. The molecule has 5 heteroatoms. The number of rotatable bonds is 2. The van der Waals surface area contributed by atoms with Gasteiger partial charge in [-0.15, -0.1) is 0 Å². The number of piperidine rings is 1. The Labute approximate surface area is 120 Å². The highest BCUT2D eigenvalue weighted by Crippen LogP contribution is 2.37. The fourth-order valence-corrected chi connectivity index (χ4v) is 3.37. The first-order valence-electron chi connectivity index (χ1n) is 7.45. The highest BCUT2D eigenvalue weighted by molar-refractivity contribution is 5.31. The molecule has 1 aromatic rings. The van der Waals surface area contributed by atoms with Crippen LogP contribution in [0.1, 0.15) is 31.4 Å². The first-order valence-corrected chi connectivity index (χ1v) is 7.45. The van der Waals surface area contributed by atoms with Crippen molar-refractivity contribution < 1.29 is 9.47 Å². The van der Waals surface area contributed by atoms with E-state index in [4.69, 9.17) is 9.47 Å². The molecule has 2 saturated heterocycles. The van der Waals surface area contributed by atoms with Gasteiger partial charge in [0.2, 0.25) is 5.95 Å². The lowest BCUT2D eigenvalue weighted by Gasteiger charge is -2.48. The minimum atomic E-state index is -0.0900. The number of hydrogen-bond acceptors (Lipinski definition) is 5. The molecule has 0 aromatic carbocycles. The molecule has 20 heavy (non-hydrogen) atoms. The van der Waals surface area contributed by atoms with E-state index in [2.05, 4.69) is 14.9 Å². The van der Waals surface area contributed by atoms with Crippen molar-refractivity contribution in [1.29, 1.82) is 0 Å². The van der Waals surface area contributed by atoms with Crippen molar-refractivity contribution in [3.8, 4) is 0 Å². The standard InChI is InChI=1S/C15H23N3O2/c1-12-5-8-16-14(17-12)18-9-6-15(7-10-18)13(19-2)4-3-11-20-15/h5,8,13H,3-4,6-7,9-11H2,1-2H3. The number of hydrogen-bond donors (Lipinski definition) is 0. The summed E-state index contributed by atoms with van der Waals surface area (Å²) in [6.45, 7) is 4.73. The van der Waals surface area contributed by atoms with Gasteiger partial charge in [0, 0.05) is 38.7 Å². The fraction of sp³-hybridized carbons (Fsp3) is 0.733. The predicted octanol–water partition coefficient (Wildman–Crippen LogP) is 1.95. The van der Waals surface area contributed by atoms with E-state index >= 15 is 0 Å². The summed E-state index contributed by atoms with van der Waals surface area (Å²) in [6.07, 6.45) is 6.25. The van der Waals surface area contributed by atoms with Gasteiger partial charge in [-0.3, -0.25) is 0 Å². The Bertz CT molecular complexity index is 458. The summed E-state index contributed by atoms with van der Waals surface area (Å²) < 4.78 is 11.8. The lowest BCUT2D eigenvalue weighted by molar-refractivity contribution is -0.175. The molecule has 3 heterocycles. The summed E-state index contributed by atoms with van der Waals surface area (Å²) in [5.41, 5.74) is 0.923. The number of nitrogens with zero attached hydrogens (tertiary/aromatic N) is 3. The fourth-order valence-electron chi connectivity index (χ4n) is 3.37. The predicted molar refractivity (Wildman–Crippen MR) is 76.9 cm³/mol. The van der Waals surface area contributed by atoms with Crippen molar-refractivity contribution >= 4 is 5.95 Å².